The number of nitrogens with zero attached hydrogens (tertiary/aromatic N) is 3. The molecular formula is C21H25N3O2. The fraction of sp³-hybridized carbons (Fsp3) is 0.381. The summed E-state index contributed by atoms with van der Waals surface area (Å²) in [5, 5.41) is 0. The van der Waals surface area contributed by atoms with E-state index in [4.69, 9.17) is 0 Å². The van der Waals surface area contributed by atoms with Crippen LogP contribution in [-0.2, 0) is 11.3 Å². The number of carbonyl (C=O) groups is 2. The van der Waals surface area contributed by atoms with Gasteiger partial charge in [0, 0.05) is 37.3 Å². The van der Waals surface area contributed by atoms with Gasteiger partial charge in [-0.3, -0.25) is 19.5 Å². The third-order valence-electron chi connectivity index (χ3n) is 4.77. The minimum atomic E-state index is -0.101. The Hall–Kier alpha value is -2.53. The maximum absolute atomic E-state index is 12.7. The number of likely N-dealkylation sites (N-methyl/N-ethyl adjacent to an activating group) is 1. The third kappa shape index (κ3) is 4.76. The van der Waals surface area contributed by atoms with Gasteiger partial charge in [-0.25, -0.2) is 0 Å². The summed E-state index contributed by atoms with van der Waals surface area (Å²) in [6.45, 7) is 2.22. The second-order valence-corrected chi connectivity index (χ2v) is 6.90. The van der Waals surface area contributed by atoms with Crippen molar-refractivity contribution in [2.45, 2.75) is 19.4 Å². The molecule has 3 rings (SSSR count). The van der Waals surface area contributed by atoms with E-state index in [1.165, 1.54) is 0 Å². The van der Waals surface area contributed by atoms with E-state index >= 15 is 0 Å². The minimum absolute atomic E-state index is 0.0778. The largest absolute Gasteiger partial charge is 0.341 e. The smallest absolute Gasteiger partial charge is 0.236 e. The molecular weight excluding hydrogens is 326 g/mol. The molecule has 1 amide bonds. The van der Waals surface area contributed by atoms with Gasteiger partial charge in [0.15, 0.2) is 5.78 Å². The van der Waals surface area contributed by atoms with Crippen molar-refractivity contribution in [3.05, 3.63) is 66.0 Å². The molecule has 0 bridgehead atoms. The number of aromatic nitrogens is 1. The van der Waals surface area contributed by atoms with Crippen LogP contribution >= 0.6 is 0 Å². The maximum atomic E-state index is 12.7. The second-order valence-electron chi connectivity index (χ2n) is 6.90. The number of pyridine rings is 1. The molecule has 0 aliphatic carbocycles. The Morgan fingerprint density at radius 2 is 1.92 bits per heavy atom. The summed E-state index contributed by atoms with van der Waals surface area (Å²) >= 11 is 0. The first-order valence-corrected chi connectivity index (χ1v) is 9.09. The maximum Gasteiger partial charge on any atom is 0.236 e. The number of rotatable bonds is 6. The van der Waals surface area contributed by atoms with E-state index in [2.05, 4.69) is 4.98 Å². The summed E-state index contributed by atoms with van der Waals surface area (Å²) < 4.78 is 0. The van der Waals surface area contributed by atoms with Gasteiger partial charge in [-0.05, 0) is 32.0 Å². The summed E-state index contributed by atoms with van der Waals surface area (Å²) in [7, 11) is 1.92. The first-order valence-electron chi connectivity index (χ1n) is 9.09. The lowest BCUT2D eigenvalue weighted by Crippen LogP contribution is -2.46. The molecule has 5 nitrogen and oxygen atoms in total. The number of Topliss-reactive ketones (excluding diaryl/α,β-unsaturated/α-hetero) is 1. The number of hydrogen-bond acceptors (Lipinski definition) is 4. The molecule has 1 fully saturated rings. The van der Waals surface area contributed by atoms with Crippen LogP contribution in [0.1, 0.15) is 28.9 Å². The van der Waals surface area contributed by atoms with Gasteiger partial charge in [-0.1, -0.05) is 36.4 Å². The quantitative estimate of drug-likeness (QED) is 0.751. The summed E-state index contributed by atoms with van der Waals surface area (Å²) in [6, 6.07) is 15.2. The van der Waals surface area contributed by atoms with E-state index in [-0.39, 0.29) is 17.6 Å². The van der Waals surface area contributed by atoms with E-state index in [1.807, 2.05) is 65.4 Å². The first kappa shape index (κ1) is 18.3. The number of benzene rings is 1. The topological polar surface area (TPSA) is 53.5 Å². The zero-order valence-corrected chi connectivity index (χ0v) is 15.2. The molecule has 2 heterocycles. The van der Waals surface area contributed by atoms with E-state index in [0.29, 0.717) is 19.6 Å². The van der Waals surface area contributed by atoms with Gasteiger partial charge in [0.05, 0.1) is 12.2 Å². The summed E-state index contributed by atoms with van der Waals surface area (Å²) in [4.78, 5) is 33.4. The second kappa shape index (κ2) is 8.72. The van der Waals surface area contributed by atoms with Crippen LogP contribution in [0.5, 0.6) is 0 Å². The monoisotopic (exact) mass is 351 g/mol. The van der Waals surface area contributed by atoms with Crippen molar-refractivity contribution in [2.75, 3.05) is 26.7 Å². The Bertz CT molecular complexity index is 733. The standard InChI is InChI=1S/C21H25N3O2/c1-23(15-19-11-5-6-12-22-19)16-20(25)24-13-7-10-18(14-24)21(26)17-8-3-2-4-9-17/h2-6,8-9,11-12,18H,7,10,13-16H2,1H3/t18-/m1/s1. The summed E-state index contributed by atoms with van der Waals surface area (Å²) in [5.41, 5.74) is 1.68. The summed E-state index contributed by atoms with van der Waals surface area (Å²) in [6.07, 6.45) is 3.48. The van der Waals surface area contributed by atoms with Gasteiger partial charge in [-0.2, -0.15) is 0 Å². The van der Waals surface area contributed by atoms with Crippen molar-refractivity contribution < 1.29 is 9.59 Å². The molecule has 136 valence electrons. The molecule has 0 unspecified atom stereocenters. The van der Waals surface area contributed by atoms with Crippen LogP contribution in [0, 0.1) is 5.92 Å². The predicted octanol–water partition coefficient (Wildman–Crippen LogP) is 2.63. The normalized spacial score (nSPS) is 17.3. The number of ketones is 1. The molecule has 1 aliphatic rings. The van der Waals surface area contributed by atoms with Crippen molar-refractivity contribution in [3.63, 3.8) is 0 Å². The lowest BCUT2D eigenvalue weighted by molar-refractivity contribution is -0.133. The van der Waals surface area contributed by atoms with Crippen LogP contribution in [-0.4, -0.2) is 53.2 Å². The lowest BCUT2D eigenvalue weighted by Gasteiger charge is -2.33. The molecule has 5 heteroatoms. The molecule has 0 N–H and O–H groups in total. The van der Waals surface area contributed by atoms with E-state index < -0.39 is 0 Å². The van der Waals surface area contributed by atoms with Crippen molar-refractivity contribution in [1.82, 2.24) is 14.8 Å². The molecule has 1 saturated heterocycles. The van der Waals surface area contributed by atoms with Gasteiger partial charge >= 0.3 is 0 Å². The van der Waals surface area contributed by atoms with Crippen molar-refractivity contribution >= 4 is 11.7 Å². The van der Waals surface area contributed by atoms with Crippen LogP contribution in [0.25, 0.3) is 0 Å². The third-order valence-corrected chi connectivity index (χ3v) is 4.77. The SMILES string of the molecule is CN(CC(=O)N1CCC[C@@H](C(=O)c2ccccc2)C1)Cc1ccccn1. The van der Waals surface area contributed by atoms with Gasteiger partial charge in [0.25, 0.3) is 0 Å². The van der Waals surface area contributed by atoms with Gasteiger partial charge in [0.2, 0.25) is 5.91 Å². The molecule has 26 heavy (non-hydrogen) atoms. The Kier molecular flexibility index (Phi) is 6.12. The molecule has 1 atom stereocenters. The molecule has 1 aromatic carbocycles. The Balaban J connectivity index is 1.55. The van der Waals surface area contributed by atoms with Gasteiger partial charge in [-0.15, -0.1) is 0 Å². The number of amides is 1. The lowest BCUT2D eigenvalue weighted by atomic mass is 9.90. The van der Waals surface area contributed by atoms with Crippen LogP contribution < -0.4 is 0 Å². The molecule has 1 aromatic heterocycles. The Labute approximate surface area is 154 Å². The average Bonchev–Trinajstić information content (AvgIpc) is 2.69. The summed E-state index contributed by atoms with van der Waals surface area (Å²) in [5.74, 6) is 0.120. The highest BCUT2D eigenvalue weighted by molar-refractivity contribution is 5.98. The van der Waals surface area contributed by atoms with Crippen molar-refractivity contribution in [3.8, 4) is 0 Å². The van der Waals surface area contributed by atoms with Gasteiger partial charge < -0.3 is 4.90 Å². The zero-order valence-electron chi connectivity index (χ0n) is 15.2. The van der Waals surface area contributed by atoms with Crippen molar-refractivity contribution in [1.29, 1.82) is 0 Å². The zero-order chi connectivity index (χ0) is 18.4. The molecule has 0 radical (unpaired) electrons. The van der Waals surface area contributed by atoms with E-state index in [0.717, 1.165) is 30.6 Å². The molecule has 0 spiro atoms. The van der Waals surface area contributed by atoms with Crippen LogP contribution in [0.2, 0.25) is 0 Å². The Morgan fingerprint density at radius 1 is 1.15 bits per heavy atom. The molecule has 1 aliphatic heterocycles. The highest BCUT2D eigenvalue weighted by atomic mass is 16.2. The first-order chi connectivity index (χ1) is 12.6. The molecule has 2 aromatic rings. The predicted molar refractivity (Wildman–Crippen MR) is 101 cm³/mol. The highest BCUT2D eigenvalue weighted by Crippen LogP contribution is 2.21. The van der Waals surface area contributed by atoms with Crippen LogP contribution in [0.15, 0.2) is 54.7 Å². The highest BCUT2D eigenvalue weighted by Gasteiger charge is 2.29. The number of likely N-dealkylation sites (tertiary alicyclic amines) is 1. The van der Waals surface area contributed by atoms with Crippen LogP contribution in [0.4, 0.5) is 0 Å². The van der Waals surface area contributed by atoms with E-state index in [9.17, 15) is 9.59 Å². The van der Waals surface area contributed by atoms with E-state index in [1.54, 1.807) is 6.20 Å². The van der Waals surface area contributed by atoms with Crippen molar-refractivity contribution in [2.24, 2.45) is 5.92 Å². The fourth-order valence-corrected chi connectivity index (χ4v) is 3.41. The minimum Gasteiger partial charge on any atom is -0.341 e. The fourth-order valence-electron chi connectivity index (χ4n) is 3.41. The number of hydrogen-bond donors (Lipinski definition) is 0. The average molecular weight is 351 g/mol. The van der Waals surface area contributed by atoms with Crippen LogP contribution in [0.3, 0.4) is 0 Å². The Morgan fingerprint density at radius 3 is 2.65 bits per heavy atom. The molecule has 0 saturated carbocycles. The van der Waals surface area contributed by atoms with Gasteiger partial charge in [0.1, 0.15) is 0 Å². The number of piperidine rings is 1. The number of carbonyl (C=O) groups excluding carboxylic acids is 2.